The number of rotatable bonds is 8. The standard InChI is InChI=1S/C17H20N4O5S/c1-20(2)14-6-3-5-13(11-14)17(22)18-9-10-19-27(25,26)16-8-4-7-15(12-16)21(23)24/h3-8,11-12,19H,9-10H2,1-2H3,(H,18,22). The molecule has 10 heteroatoms. The highest BCUT2D eigenvalue weighted by Crippen LogP contribution is 2.17. The van der Waals surface area contributed by atoms with Gasteiger partial charge in [-0.25, -0.2) is 13.1 Å². The fourth-order valence-corrected chi connectivity index (χ4v) is 3.31. The molecule has 0 aromatic heterocycles. The van der Waals surface area contributed by atoms with E-state index in [0.29, 0.717) is 5.56 Å². The summed E-state index contributed by atoms with van der Waals surface area (Å²) in [6, 6.07) is 11.8. The van der Waals surface area contributed by atoms with Crippen molar-refractivity contribution >= 4 is 27.3 Å². The van der Waals surface area contributed by atoms with Gasteiger partial charge in [0.15, 0.2) is 0 Å². The van der Waals surface area contributed by atoms with Gasteiger partial charge in [-0.3, -0.25) is 14.9 Å². The van der Waals surface area contributed by atoms with Crippen molar-refractivity contribution in [2.75, 3.05) is 32.1 Å². The molecule has 0 atom stereocenters. The molecule has 0 heterocycles. The largest absolute Gasteiger partial charge is 0.378 e. The molecule has 0 unspecified atom stereocenters. The topological polar surface area (TPSA) is 122 Å². The minimum atomic E-state index is -3.91. The van der Waals surface area contributed by atoms with Gasteiger partial charge in [0.05, 0.1) is 9.82 Å². The molecular weight excluding hydrogens is 372 g/mol. The summed E-state index contributed by atoms with van der Waals surface area (Å²) in [6.45, 7) is 0.0172. The molecule has 0 aliphatic rings. The van der Waals surface area contributed by atoms with Crippen molar-refractivity contribution in [2.45, 2.75) is 4.90 Å². The van der Waals surface area contributed by atoms with Gasteiger partial charge in [-0.05, 0) is 24.3 Å². The monoisotopic (exact) mass is 392 g/mol. The minimum Gasteiger partial charge on any atom is -0.378 e. The van der Waals surface area contributed by atoms with Crippen LogP contribution in [-0.2, 0) is 10.0 Å². The molecule has 2 rings (SSSR count). The zero-order valence-corrected chi connectivity index (χ0v) is 15.7. The van der Waals surface area contributed by atoms with E-state index in [9.17, 15) is 23.3 Å². The van der Waals surface area contributed by atoms with E-state index >= 15 is 0 Å². The summed E-state index contributed by atoms with van der Waals surface area (Å²) in [5, 5.41) is 13.4. The Morgan fingerprint density at radius 2 is 1.81 bits per heavy atom. The SMILES string of the molecule is CN(C)c1cccc(C(=O)NCCNS(=O)(=O)c2cccc([N+](=O)[O-])c2)c1. The molecule has 144 valence electrons. The Labute approximate surface area is 157 Å². The third-order valence-corrected chi connectivity index (χ3v) is 5.12. The first kappa shape index (κ1) is 20.3. The number of carbonyl (C=O) groups excluding carboxylic acids is 1. The van der Waals surface area contributed by atoms with Crippen molar-refractivity contribution in [1.29, 1.82) is 0 Å². The fraction of sp³-hybridized carbons (Fsp3) is 0.235. The Morgan fingerprint density at radius 3 is 2.48 bits per heavy atom. The molecule has 9 nitrogen and oxygen atoms in total. The van der Waals surface area contributed by atoms with E-state index in [1.807, 2.05) is 25.1 Å². The summed E-state index contributed by atoms with van der Waals surface area (Å²) in [4.78, 5) is 23.9. The van der Waals surface area contributed by atoms with Crippen molar-refractivity contribution in [3.05, 3.63) is 64.2 Å². The van der Waals surface area contributed by atoms with Gasteiger partial charge in [0.25, 0.3) is 11.6 Å². The molecule has 0 bridgehead atoms. The van der Waals surface area contributed by atoms with Crippen molar-refractivity contribution in [2.24, 2.45) is 0 Å². The Morgan fingerprint density at radius 1 is 1.11 bits per heavy atom. The molecule has 0 radical (unpaired) electrons. The van der Waals surface area contributed by atoms with E-state index in [0.717, 1.165) is 11.8 Å². The van der Waals surface area contributed by atoms with Crippen molar-refractivity contribution in [3.63, 3.8) is 0 Å². The van der Waals surface area contributed by atoms with Crippen LogP contribution >= 0.6 is 0 Å². The lowest BCUT2D eigenvalue weighted by atomic mass is 10.2. The number of hydrogen-bond acceptors (Lipinski definition) is 6. The zero-order valence-electron chi connectivity index (χ0n) is 14.9. The number of sulfonamides is 1. The van der Waals surface area contributed by atoms with Crippen LogP contribution in [0, 0.1) is 10.1 Å². The van der Waals surface area contributed by atoms with E-state index < -0.39 is 14.9 Å². The van der Waals surface area contributed by atoms with Crippen molar-refractivity contribution in [3.8, 4) is 0 Å². The van der Waals surface area contributed by atoms with Crippen LogP contribution in [0.5, 0.6) is 0 Å². The molecule has 2 aromatic carbocycles. The fourth-order valence-electron chi connectivity index (χ4n) is 2.24. The second-order valence-corrected chi connectivity index (χ2v) is 7.62. The maximum Gasteiger partial charge on any atom is 0.270 e. The van der Waals surface area contributed by atoms with Gasteiger partial charge < -0.3 is 10.2 Å². The third kappa shape index (κ3) is 5.50. The molecule has 0 fully saturated rings. The lowest BCUT2D eigenvalue weighted by molar-refractivity contribution is -0.385. The Balaban J connectivity index is 1.92. The molecule has 2 aromatic rings. The maximum atomic E-state index is 12.2. The first-order valence-electron chi connectivity index (χ1n) is 8.00. The summed E-state index contributed by atoms with van der Waals surface area (Å²) in [6.07, 6.45) is 0. The van der Waals surface area contributed by atoms with Crippen LogP contribution < -0.4 is 14.9 Å². The highest BCUT2D eigenvalue weighted by atomic mass is 32.2. The minimum absolute atomic E-state index is 0.0515. The first-order chi connectivity index (χ1) is 12.7. The zero-order chi connectivity index (χ0) is 20.0. The number of nitrogens with one attached hydrogen (secondary N) is 2. The van der Waals surface area contributed by atoms with Crippen LogP contribution in [0.3, 0.4) is 0 Å². The van der Waals surface area contributed by atoms with Gasteiger partial charge >= 0.3 is 0 Å². The maximum absolute atomic E-state index is 12.2. The number of hydrogen-bond donors (Lipinski definition) is 2. The van der Waals surface area contributed by atoms with Crippen LogP contribution in [0.25, 0.3) is 0 Å². The van der Waals surface area contributed by atoms with Crippen LogP contribution in [0.15, 0.2) is 53.4 Å². The van der Waals surface area contributed by atoms with E-state index in [2.05, 4.69) is 10.0 Å². The lowest BCUT2D eigenvalue weighted by Gasteiger charge is -2.13. The van der Waals surface area contributed by atoms with Crippen LogP contribution in [0.4, 0.5) is 11.4 Å². The molecule has 1 amide bonds. The van der Waals surface area contributed by atoms with E-state index in [4.69, 9.17) is 0 Å². The second-order valence-electron chi connectivity index (χ2n) is 5.85. The van der Waals surface area contributed by atoms with E-state index in [1.165, 1.54) is 18.2 Å². The van der Waals surface area contributed by atoms with E-state index in [1.54, 1.807) is 18.2 Å². The van der Waals surface area contributed by atoms with Gasteiger partial charge in [0.2, 0.25) is 10.0 Å². The van der Waals surface area contributed by atoms with Crippen molar-refractivity contribution < 1.29 is 18.1 Å². The molecule has 0 saturated heterocycles. The molecule has 0 spiro atoms. The number of nitro groups is 1. The predicted octanol–water partition coefficient (Wildman–Crippen LogP) is 1.37. The average Bonchev–Trinajstić information content (AvgIpc) is 2.65. The number of non-ortho nitro benzene ring substituents is 1. The molecule has 27 heavy (non-hydrogen) atoms. The van der Waals surface area contributed by atoms with Gasteiger partial charge in [-0.1, -0.05) is 12.1 Å². The summed E-state index contributed by atoms with van der Waals surface area (Å²) in [5.74, 6) is -0.326. The highest BCUT2D eigenvalue weighted by molar-refractivity contribution is 7.89. The summed E-state index contributed by atoms with van der Waals surface area (Å²) < 4.78 is 26.7. The summed E-state index contributed by atoms with van der Waals surface area (Å²) in [5.41, 5.74) is 1.02. The number of benzene rings is 2. The number of nitrogens with zero attached hydrogens (tertiary/aromatic N) is 2. The summed E-state index contributed by atoms with van der Waals surface area (Å²) in [7, 11) is -0.188. The van der Waals surface area contributed by atoms with Crippen LogP contribution in [0.2, 0.25) is 0 Å². The van der Waals surface area contributed by atoms with Gasteiger partial charge in [-0.2, -0.15) is 0 Å². The third-order valence-electron chi connectivity index (χ3n) is 3.67. The van der Waals surface area contributed by atoms with E-state index in [-0.39, 0.29) is 29.6 Å². The average molecular weight is 392 g/mol. The molecule has 0 saturated carbocycles. The van der Waals surface area contributed by atoms with Crippen LogP contribution in [-0.4, -0.2) is 46.4 Å². The smallest absolute Gasteiger partial charge is 0.270 e. The second kappa shape index (κ2) is 8.60. The highest BCUT2D eigenvalue weighted by Gasteiger charge is 2.17. The Hall–Kier alpha value is -2.98. The molecule has 2 N–H and O–H groups in total. The Bertz CT molecular complexity index is 944. The Kier molecular flexibility index (Phi) is 6.48. The number of carbonyl (C=O) groups is 1. The molecule has 0 aliphatic heterocycles. The number of nitro benzene ring substituents is 1. The molecule has 0 aliphatic carbocycles. The summed E-state index contributed by atoms with van der Waals surface area (Å²) >= 11 is 0. The van der Waals surface area contributed by atoms with Gasteiger partial charge in [0.1, 0.15) is 0 Å². The quantitative estimate of drug-likeness (QED) is 0.397. The lowest BCUT2D eigenvalue weighted by Crippen LogP contribution is -2.34. The molecular formula is C17H20N4O5S. The van der Waals surface area contributed by atoms with Gasteiger partial charge in [0, 0.05) is 50.6 Å². The van der Waals surface area contributed by atoms with Gasteiger partial charge in [-0.15, -0.1) is 0 Å². The predicted molar refractivity (Wildman–Crippen MR) is 101 cm³/mol. The number of amides is 1. The van der Waals surface area contributed by atoms with Crippen molar-refractivity contribution in [1.82, 2.24) is 10.0 Å². The first-order valence-corrected chi connectivity index (χ1v) is 9.49. The normalized spacial score (nSPS) is 11.0. The van der Waals surface area contributed by atoms with Crippen LogP contribution in [0.1, 0.15) is 10.4 Å². The number of anilines is 1.